The van der Waals surface area contributed by atoms with Crippen LogP contribution in [-0.4, -0.2) is 6.04 Å². The summed E-state index contributed by atoms with van der Waals surface area (Å²) in [7, 11) is 0. The molecule has 0 radical (unpaired) electrons. The van der Waals surface area contributed by atoms with Crippen LogP contribution in [0.25, 0.3) is 0 Å². The average molecular weight is 395 g/mol. The molecule has 0 amide bonds. The number of halogens is 3. The van der Waals surface area contributed by atoms with E-state index in [0.717, 1.165) is 15.8 Å². The molecule has 2 rings (SSSR count). The molecule has 0 aliphatic heterocycles. The zero-order valence-corrected chi connectivity index (χ0v) is 14.7. The third-order valence-corrected chi connectivity index (χ3v) is 5.16. The minimum absolute atomic E-state index is 0.104. The highest BCUT2D eigenvalue weighted by atomic mass is 79.9. The Bertz CT molecular complexity index is 590. The Kier molecular flexibility index (Phi) is 5.75. The number of hydrogen-bond donors (Lipinski definition) is 1. The Hall–Kier alpha value is -0.260. The molecule has 0 bridgehead atoms. The van der Waals surface area contributed by atoms with Gasteiger partial charge in [-0.15, -0.1) is 11.3 Å². The molecule has 0 aliphatic carbocycles. The number of nitrogens with two attached hydrogens (primary N) is 1. The van der Waals surface area contributed by atoms with Crippen LogP contribution in [0.2, 0.25) is 10.0 Å². The first-order valence-electron chi connectivity index (χ1n) is 6.12. The van der Waals surface area contributed by atoms with Gasteiger partial charge in [0.2, 0.25) is 0 Å². The zero-order chi connectivity index (χ0) is 14.7. The van der Waals surface area contributed by atoms with E-state index in [1.165, 1.54) is 0 Å². The van der Waals surface area contributed by atoms with Gasteiger partial charge in [-0.3, -0.25) is 0 Å². The van der Waals surface area contributed by atoms with Crippen LogP contribution in [0.4, 0.5) is 0 Å². The fourth-order valence-corrected chi connectivity index (χ4v) is 3.76. The fraction of sp³-hybridized carbons (Fsp3) is 0.286. The van der Waals surface area contributed by atoms with Gasteiger partial charge in [0.1, 0.15) is 11.9 Å². The third-order valence-electron chi connectivity index (χ3n) is 2.88. The summed E-state index contributed by atoms with van der Waals surface area (Å²) in [6, 6.07) is 7.10. The molecule has 2 aromatic rings. The second-order valence-corrected chi connectivity index (χ2v) is 7.05. The topological polar surface area (TPSA) is 35.2 Å². The molecule has 0 saturated carbocycles. The van der Waals surface area contributed by atoms with E-state index in [0.29, 0.717) is 15.8 Å². The predicted octanol–water partition coefficient (Wildman–Crippen LogP) is 5.67. The minimum atomic E-state index is -0.227. The molecule has 2 unspecified atom stereocenters. The molecule has 1 aromatic carbocycles. The van der Waals surface area contributed by atoms with Gasteiger partial charge in [0.25, 0.3) is 0 Å². The summed E-state index contributed by atoms with van der Waals surface area (Å²) in [4.78, 5) is 1.07. The summed E-state index contributed by atoms with van der Waals surface area (Å²) in [6.07, 6.45) is 0.584. The monoisotopic (exact) mass is 393 g/mol. The first-order chi connectivity index (χ1) is 9.51. The Balaban J connectivity index is 2.28. The van der Waals surface area contributed by atoms with Crippen molar-refractivity contribution in [3.63, 3.8) is 0 Å². The predicted molar refractivity (Wildman–Crippen MR) is 90.1 cm³/mol. The van der Waals surface area contributed by atoms with Crippen molar-refractivity contribution >= 4 is 50.5 Å². The highest BCUT2D eigenvalue weighted by Crippen LogP contribution is 2.35. The molecule has 108 valence electrons. The molecule has 6 heteroatoms. The van der Waals surface area contributed by atoms with Crippen molar-refractivity contribution < 1.29 is 4.74 Å². The zero-order valence-electron chi connectivity index (χ0n) is 10.8. The van der Waals surface area contributed by atoms with E-state index in [1.54, 1.807) is 29.5 Å². The number of thiophene rings is 1. The number of benzene rings is 1. The van der Waals surface area contributed by atoms with Gasteiger partial charge in [-0.25, -0.2) is 0 Å². The summed E-state index contributed by atoms with van der Waals surface area (Å²) < 4.78 is 7.05. The van der Waals surface area contributed by atoms with Crippen LogP contribution >= 0.6 is 50.5 Å². The maximum Gasteiger partial charge on any atom is 0.148 e. The summed E-state index contributed by atoms with van der Waals surface area (Å²) in [6.45, 7) is 2.03. The fourth-order valence-electron chi connectivity index (χ4n) is 1.76. The Morgan fingerprint density at radius 2 is 2.10 bits per heavy atom. The van der Waals surface area contributed by atoms with E-state index < -0.39 is 0 Å². The van der Waals surface area contributed by atoms with Crippen molar-refractivity contribution in [1.29, 1.82) is 0 Å². The van der Waals surface area contributed by atoms with Crippen LogP contribution in [0.5, 0.6) is 5.75 Å². The quantitative estimate of drug-likeness (QED) is 0.708. The van der Waals surface area contributed by atoms with Crippen LogP contribution in [0.1, 0.15) is 24.3 Å². The highest BCUT2D eigenvalue weighted by molar-refractivity contribution is 9.10. The van der Waals surface area contributed by atoms with Crippen LogP contribution in [0, 0.1) is 0 Å². The third kappa shape index (κ3) is 3.89. The van der Waals surface area contributed by atoms with Gasteiger partial charge in [0.05, 0.1) is 5.02 Å². The lowest BCUT2D eigenvalue weighted by Gasteiger charge is -2.24. The summed E-state index contributed by atoms with van der Waals surface area (Å²) >= 11 is 17.1. The molecule has 1 aromatic heterocycles. The van der Waals surface area contributed by atoms with Gasteiger partial charge in [0, 0.05) is 25.8 Å². The summed E-state index contributed by atoms with van der Waals surface area (Å²) in [5.74, 6) is 0.592. The van der Waals surface area contributed by atoms with Gasteiger partial charge >= 0.3 is 0 Å². The SMILES string of the molecule is CCC(N)C(Oc1ccc(Cl)cc1Cl)c1cc(Br)cs1. The first kappa shape index (κ1) is 16.1. The van der Waals surface area contributed by atoms with Crippen molar-refractivity contribution in [1.82, 2.24) is 0 Å². The standard InChI is InChI=1S/C14H14BrCl2NOS/c1-2-11(18)14(13-5-8(15)7-20-13)19-12-4-3-9(16)6-10(12)17/h3-7,11,14H,2,18H2,1H3. The smallest absolute Gasteiger partial charge is 0.148 e. The maximum absolute atomic E-state index is 6.18. The molecular weight excluding hydrogens is 381 g/mol. The molecule has 0 spiro atoms. The van der Waals surface area contributed by atoms with E-state index in [1.807, 2.05) is 18.4 Å². The lowest BCUT2D eigenvalue weighted by molar-refractivity contribution is 0.175. The molecule has 0 saturated heterocycles. The first-order valence-corrected chi connectivity index (χ1v) is 8.55. The van der Waals surface area contributed by atoms with Gasteiger partial charge < -0.3 is 10.5 Å². The second kappa shape index (κ2) is 7.14. The molecule has 0 aliphatic rings. The van der Waals surface area contributed by atoms with Crippen molar-refractivity contribution in [3.05, 3.63) is 49.0 Å². The molecule has 0 fully saturated rings. The Morgan fingerprint density at radius 3 is 2.65 bits per heavy atom. The lowest BCUT2D eigenvalue weighted by atomic mass is 10.1. The van der Waals surface area contributed by atoms with Crippen molar-refractivity contribution in [2.45, 2.75) is 25.5 Å². The lowest BCUT2D eigenvalue weighted by Crippen LogP contribution is -2.31. The molecule has 20 heavy (non-hydrogen) atoms. The summed E-state index contributed by atoms with van der Waals surface area (Å²) in [5.41, 5.74) is 6.18. The van der Waals surface area contributed by atoms with Gasteiger partial charge in [-0.05, 0) is 46.6 Å². The molecule has 1 heterocycles. The normalized spacial score (nSPS) is 14.1. The minimum Gasteiger partial charge on any atom is -0.482 e. The second-order valence-electron chi connectivity index (χ2n) is 4.35. The van der Waals surface area contributed by atoms with Crippen LogP contribution in [0.15, 0.2) is 34.1 Å². The van der Waals surface area contributed by atoms with Crippen molar-refractivity contribution in [2.75, 3.05) is 0 Å². The summed E-state index contributed by atoms with van der Waals surface area (Å²) in [5, 5.41) is 3.08. The van der Waals surface area contributed by atoms with E-state index in [2.05, 4.69) is 15.9 Å². The number of rotatable bonds is 5. The average Bonchev–Trinajstić information content (AvgIpc) is 2.83. The maximum atomic E-state index is 6.18. The Labute approximate surface area is 141 Å². The van der Waals surface area contributed by atoms with Crippen LogP contribution < -0.4 is 10.5 Å². The molecule has 2 N–H and O–H groups in total. The van der Waals surface area contributed by atoms with Gasteiger partial charge in [-0.2, -0.15) is 0 Å². The van der Waals surface area contributed by atoms with Crippen LogP contribution in [-0.2, 0) is 0 Å². The van der Waals surface area contributed by atoms with Gasteiger partial charge in [0.15, 0.2) is 0 Å². The van der Waals surface area contributed by atoms with E-state index >= 15 is 0 Å². The molecular formula is C14H14BrCl2NOS. The van der Waals surface area contributed by atoms with Crippen molar-refractivity contribution in [2.24, 2.45) is 5.73 Å². The largest absolute Gasteiger partial charge is 0.482 e. The number of ether oxygens (including phenoxy) is 1. The van der Waals surface area contributed by atoms with E-state index in [-0.39, 0.29) is 12.1 Å². The van der Waals surface area contributed by atoms with Gasteiger partial charge in [-0.1, -0.05) is 30.1 Å². The molecule has 2 nitrogen and oxygen atoms in total. The molecule has 2 atom stereocenters. The van der Waals surface area contributed by atoms with E-state index in [9.17, 15) is 0 Å². The number of hydrogen-bond acceptors (Lipinski definition) is 3. The highest BCUT2D eigenvalue weighted by Gasteiger charge is 2.23. The van der Waals surface area contributed by atoms with Crippen LogP contribution in [0.3, 0.4) is 0 Å². The van der Waals surface area contributed by atoms with Crippen molar-refractivity contribution in [3.8, 4) is 5.75 Å². The van der Waals surface area contributed by atoms with E-state index in [4.69, 9.17) is 33.7 Å². The Morgan fingerprint density at radius 1 is 1.35 bits per heavy atom.